The molecule has 1 aromatic heterocycles. The summed E-state index contributed by atoms with van der Waals surface area (Å²) in [6, 6.07) is 16.0. The van der Waals surface area contributed by atoms with Gasteiger partial charge in [0.2, 0.25) is 5.91 Å². The highest BCUT2D eigenvalue weighted by atomic mass is 32.2. The third-order valence-corrected chi connectivity index (χ3v) is 5.32. The van der Waals surface area contributed by atoms with Crippen LogP contribution in [0.5, 0.6) is 0 Å². The number of nitriles is 1. The van der Waals surface area contributed by atoms with Gasteiger partial charge in [0.05, 0.1) is 27.4 Å². The first-order valence-electron chi connectivity index (χ1n) is 8.90. The number of nitrogens with one attached hydrogen (secondary N) is 1. The standard InChI is InChI=1S/C21H20N4O2S/c1-13(2)25-20(27)16-9-5-7-11-18(16)24-21(25)28-14(3)19(26)23-17-10-6-4-8-15(17)12-22/h4-11,13-14H,1-3H3,(H,23,26)/t14-/m0/s1. The average molecular weight is 392 g/mol. The topological polar surface area (TPSA) is 87.8 Å². The van der Waals surface area contributed by atoms with Gasteiger partial charge in [0.15, 0.2) is 5.16 Å². The molecule has 1 atom stereocenters. The van der Waals surface area contributed by atoms with Crippen molar-refractivity contribution in [1.82, 2.24) is 9.55 Å². The van der Waals surface area contributed by atoms with Crippen LogP contribution in [0.15, 0.2) is 58.5 Å². The molecule has 0 aliphatic heterocycles. The Labute approximate surface area is 167 Å². The van der Waals surface area contributed by atoms with Gasteiger partial charge in [-0.1, -0.05) is 36.0 Å². The number of carbonyl (C=O) groups excluding carboxylic acids is 1. The maximum absolute atomic E-state index is 12.9. The van der Waals surface area contributed by atoms with Crippen molar-refractivity contribution in [1.29, 1.82) is 5.26 Å². The minimum absolute atomic E-state index is 0.0957. The summed E-state index contributed by atoms with van der Waals surface area (Å²) in [7, 11) is 0. The lowest BCUT2D eigenvalue weighted by molar-refractivity contribution is -0.115. The third kappa shape index (κ3) is 3.92. The van der Waals surface area contributed by atoms with Crippen molar-refractivity contribution in [2.45, 2.75) is 37.2 Å². The molecule has 1 amide bonds. The summed E-state index contributed by atoms with van der Waals surface area (Å²) in [4.78, 5) is 30.2. The molecular formula is C21H20N4O2S. The van der Waals surface area contributed by atoms with E-state index in [2.05, 4.69) is 16.4 Å². The quantitative estimate of drug-likeness (QED) is 0.524. The Bertz CT molecular complexity index is 1130. The summed E-state index contributed by atoms with van der Waals surface area (Å²) in [6.07, 6.45) is 0. The summed E-state index contributed by atoms with van der Waals surface area (Å²) in [5, 5.41) is 12.5. The molecule has 1 N–H and O–H groups in total. The van der Waals surface area contributed by atoms with E-state index in [1.54, 1.807) is 47.9 Å². The van der Waals surface area contributed by atoms with Crippen LogP contribution in [-0.2, 0) is 4.79 Å². The lowest BCUT2D eigenvalue weighted by atomic mass is 10.2. The van der Waals surface area contributed by atoms with Crippen LogP contribution >= 0.6 is 11.8 Å². The predicted octanol–water partition coefficient (Wildman–Crippen LogP) is 3.97. The van der Waals surface area contributed by atoms with Crippen LogP contribution in [0.1, 0.15) is 32.4 Å². The summed E-state index contributed by atoms with van der Waals surface area (Å²) < 4.78 is 1.61. The first-order valence-corrected chi connectivity index (χ1v) is 9.78. The fraction of sp³-hybridized carbons (Fsp3) is 0.238. The largest absolute Gasteiger partial charge is 0.324 e. The number of benzene rings is 2. The molecule has 0 saturated heterocycles. The second kappa shape index (κ2) is 8.28. The van der Waals surface area contributed by atoms with Crippen LogP contribution in [0.2, 0.25) is 0 Å². The van der Waals surface area contributed by atoms with E-state index in [9.17, 15) is 14.9 Å². The van der Waals surface area contributed by atoms with Gasteiger partial charge in [-0.3, -0.25) is 14.2 Å². The second-order valence-electron chi connectivity index (χ2n) is 6.59. The first kappa shape index (κ1) is 19.6. The maximum atomic E-state index is 12.9. The molecule has 0 fully saturated rings. The Morgan fingerprint density at radius 3 is 2.54 bits per heavy atom. The number of hydrogen-bond donors (Lipinski definition) is 1. The van der Waals surface area contributed by atoms with Gasteiger partial charge in [-0.25, -0.2) is 4.98 Å². The van der Waals surface area contributed by atoms with Crippen molar-refractivity contribution in [3.8, 4) is 6.07 Å². The summed E-state index contributed by atoms with van der Waals surface area (Å²) in [6.45, 7) is 5.58. The lowest BCUT2D eigenvalue weighted by Gasteiger charge is -2.18. The number of nitrogens with zero attached hydrogens (tertiary/aromatic N) is 3. The fourth-order valence-electron chi connectivity index (χ4n) is 2.80. The van der Waals surface area contributed by atoms with Gasteiger partial charge in [-0.2, -0.15) is 5.26 Å². The van der Waals surface area contributed by atoms with Crippen LogP contribution in [0, 0.1) is 11.3 Å². The summed E-state index contributed by atoms with van der Waals surface area (Å²) in [5.41, 5.74) is 1.35. The molecule has 142 valence electrons. The van der Waals surface area contributed by atoms with Crippen LogP contribution in [-0.4, -0.2) is 20.7 Å². The monoisotopic (exact) mass is 392 g/mol. The van der Waals surface area contributed by atoms with Crippen LogP contribution < -0.4 is 10.9 Å². The third-order valence-electron chi connectivity index (χ3n) is 4.25. The molecule has 0 bridgehead atoms. The van der Waals surface area contributed by atoms with Gasteiger partial charge in [0.1, 0.15) is 6.07 Å². The van der Waals surface area contributed by atoms with E-state index in [0.717, 1.165) is 0 Å². The fourth-order valence-corrected chi connectivity index (χ4v) is 3.84. The van der Waals surface area contributed by atoms with E-state index < -0.39 is 5.25 Å². The molecule has 3 rings (SSSR count). The minimum Gasteiger partial charge on any atom is -0.324 e. The molecule has 6 nitrogen and oxygen atoms in total. The number of hydrogen-bond acceptors (Lipinski definition) is 5. The molecule has 0 aliphatic rings. The van der Waals surface area contributed by atoms with Gasteiger partial charge in [-0.15, -0.1) is 0 Å². The molecular weight excluding hydrogens is 372 g/mol. The highest BCUT2D eigenvalue weighted by Crippen LogP contribution is 2.26. The van der Waals surface area contributed by atoms with E-state index >= 15 is 0 Å². The molecule has 2 aromatic carbocycles. The summed E-state index contributed by atoms with van der Waals surface area (Å²) >= 11 is 1.23. The van der Waals surface area contributed by atoms with Crippen molar-refractivity contribution in [3.63, 3.8) is 0 Å². The Kier molecular flexibility index (Phi) is 5.81. The molecule has 7 heteroatoms. The van der Waals surface area contributed by atoms with E-state index in [4.69, 9.17) is 0 Å². The number of para-hydroxylation sites is 2. The number of carbonyl (C=O) groups is 1. The number of amides is 1. The molecule has 0 spiro atoms. The van der Waals surface area contributed by atoms with Crippen molar-refractivity contribution < 1.29 is 4.79 Å². The molecule has 3 aromatic rings. The Balaban J connectivity index is 1.91. The normalized spacial score (nSPS) is 12.0. The van der Waals surface area contributed by atoms with Crippen molar-refractivity contribution in [3.05, 3.63) is 64.4 Å². The highest BCUT2D eigenvalue weighted by Gasteiger charge is 2.21. The van der Waals surface area contributed by atoms with Crippen molar-refractivity contribution in [2.75, 3.05) is 5.32 Å². The molecule has 0 unspecified atom stereocenters. The van der Waals surface area contributed by atoms with Gasteiger partial charge in [0, 0.05) is 6.04 Å². The van der Waals surface area contributed by atoms with Crippen molar-refractivity contribution >= 4 is 34.3 Å². The smallest absolute Gasteiger partial charge is 0.262 e. The Morgan fingerprint density at radius 2 is 1.82 bits per heavy atom. The van der Waals surface area contributed by atoms with Gasteiger partial charge < -0.3 is 5.32 Å². The molecule has 0 radical (unpaired) electrons. The predicted molar refractivity (Wildman–Crippen MR) is 111 cm³/mol. The Morgan fingerprint density at radius 1 is 1.14 bits per heavy atom. The van der Waals surface area contributed by atoms with Gasteiger partial charge in [-0.05, 0) is 45.0 Å². The Hall–Kier alpha value is -3.11. The van der Waals surface area contributed by atoms with E-state index in [1.807, 2.05) is 26.0 Å². The van der Waals surface area contributed by atoms with Crippen LogP contribution in [0.4, 0.5) is 5.69 Å². The molecule has 1 heterocycles. The van der Waals surface area contributed by atoms with E-state index in [1.165, 1.54) is 11.8 Å². The zero-order chi connectivity index (χ0) is 20.3. The van der Waals surface area contributed by atoms with E-state index in [-0.39, 0.29) is 17.5 Å². The highest BCUT2D eigenvalue weighted by molar-refractivity contribution is 8.00. The first-order chi connectivity index (χ1) is 13.4. The minimum atomic E-state index is -0.509. The number of fused-ring (bicyclic) bond motifs is 1. The number of anilines is 1. The molecule has 0 aliphatic carbocycles. The second-order valence-corrected chi connectivity index (χ2v) is 7.90. The van der Waals surface area contributed by atoms with Gasteiger partial charge >= 0.3 is 0 Å². The lowest BCUT2D eigenvalue weighted by Crippen LogP contribution is -2.28. The van der Waals surface area contributed by atoms with Crippen molar-refractivity contribution in [2.24, 2.45) is 0 Å². The van der Waals surface area contributed by atoms with Crippen LogP contribution in [0.3, 0.4) is 0 Å². The maximum Gasteiger partial charge on any atom is 0.262 e. The zero-order valence-corrected chi connectivity index (χ0v) is 16.7. The molecule has 28 heavy (non-hydrogen) atoms. The van der Waals surface area contributed by atoms with Gasteiger partial charge in [0.25, 0.3) is 5.56 Å². The number of aromatic nitrogens is 2. The van der Waals surface area contributed by atoms with Crippen LogP contribution in [0.25, 0.3) is 10.9 Å². The van der Waals surface area contributed by atoms with E-state index in [0.29, 0.717) is 27.3 Å². The SMILES string of the molecule is CC(C)n1c(S[C@@H](C)C(=O)Nc2ccccc2C#N)nc2ccccc2c1=O. The number of rotatable bonds is 5. The number of thioether (sulfide) groups is 1. The molecule has 0 saturated carbocycles. The average Bonchev–Trinajstić information content (AvgIpc) is 2.68. The zero-order valence-electron chi connectivity index (χ0n) is 15.8. The summed E-state index contributed by atoms with van der Waals surface area (Å²) in [5.74, 6) is -0.259.